The van der Waals surface area contributed by atoms with Crippen molar-refractivity contribution in [1.29, 1.82) is 0 Å². The lowest BCUT2D eigenvalue weighted by Crippen LogP contribution is -2.45. The average Bonchev–Trinajstić information content (AvgIpc) is 2.80. The van der Waals surface area contributed by atoms with Crippen molar-refractivity contribution in [2.24, 2.45) is 0 Å². The Bertz CT molecular complexity index is 1060. The number of carbonyl (C=O) groups excluding carboxylic acids is 2. The number of piperidine rings is 1. The van der Waals surface area contributed by atoms with Crippen molar-refractivity contribution in [2.75, 3.05) is 25.5 Å². The lowest BCUT2D eigenvalue weighted by atomic mass is 10.0. The summed E-state index contributed by atoms with van der Waals surface area (Å²) < 4.78 is 46.4. The summed E-state index contributed by atoms with van der Waals surface area (Å²) in [4.78, 5) is 24.3. The van der Waals surface area contributed by atoms with Gasteiger partial charge in [-0.25, -0.2) is 12.8 Å². The Morgan fingerprint density at radius 1 is 1.09 bits per heavy atom. The van der Waals surface area contributed by atoms with Gasteiger partial charge in [-0.1, -0.05) is 18.6 Å². The van der Waals surface area contributed by atoms with E-state index in [1.165, 1.54) is 47.8 Å². The molecule has 10 heteroatoms. The number of methoxy groups -OCH3 is 1. The lowest BCUT2D eigenvalue weighted by molar-refractivity contribution is -0.136. The number of nitrogens with one attached hydrogen (secondary N) is 2. The van der Waals surface area contributed by atoms with E-state index in [2.05, 4.69) is 10.6 Å². The number of hydrogen-bond acceptors (Lipinski definition) is 5. The van der Waals surface area contributed by atoms with Gasteiger partial charge in [0.25, 0.3) is 0 Å². The second kappa shape index (κ2) is 10.6. The number of anilines is 1. The van der Waals surface area contributed by atoms with Crippen molar-refractivity contribution in [3.8, 4) is 5.75 Å². The highest BCUT2D eigenvalue weighted by molar-refractivity contribution is 7.89. The van der Waals surface area contributed by atoms with Crippen molar-refractivity contribution < 1.29 is 27.1 Å². The number of benzene rings is 2. The summed E-state index contributed by atoms with van der Waals surface area (Å²) in [6.07, 6.45) is 2.64. The molecule has 8 nitrogen and oxygen atoms in total. The predicted molar refractivity (Wildman–Crippen MR) is 117 cm³/mol. The topological polar surface area (TPSA) is 105 Å². The first-order chi connectivity index (χ1) is 15.3. The maximum atomic E-state index is 13.6. The number of sulfonamides is 1. The SMILES string of the molecule is COc1ccc(S(=O)(=O)N2CCCC[C@H]2CCNC(=O)C(=O)Nc2ccccc2F)cc1. The van der Waals surface area contributed by atoms with E-state index in [1.54, 1.807) is 12.1 Å². The molecule has 1 atom stereocenters. The summed E-state index contributed by atoms with van der Waals surface area (Å²) in [5, 5.41) is 4.70. The molecule has 0 bridgehead atoms. The number of nitrogens with zero attached hydrogens (tertiary/aromatic N) is 1. The van der Waals surface area contributed by atoms with Gasteiger partial charge in [0.1, 0.15) is 11.6 Å². The number of ether oxygens (including phenoxy) is 1. The maximum absolute atomic E-state index is 13.6. The summed E-state index contributed by atoms with van der Waals surface area (Å²) in [6, 6.07) is 11.5. The first kappa shape index (κ1) is 23.7. The highest BCUT2D eigenvalue weighted by atomic mass is 32.2. The second-order valence-electron chi connectivity index (χ2n) is 7.42. The molecule has 1 aliphatic rings. The Kier molecular flexibility index (Phi) is 7.81. The smallest absolute Gasteiger partial charge is 0.313 e. The van der Waals surface area contributed by atoms with Gasteiger partial charge in [0.05, 0.1) is 17.7 Å². The molecule has 0 aliphatic carbocycles. The summed E-state index contributed by atoms with van der Waals surface area (Å²) in [6.45, 7) is 0.504. The molecule has 3 rings (SSSR count). The van der Waals surface area contributed by atoms with Crippen molar-refractivity contribution in [3.05, 3.63) is 54.3 Å². The molecule has 2 amide bonds. The van der Waals surface area contributed by atoms with E-state index in [0.717, 1.165) is 12.8 Å². The quantitative estimate of drug-likeness (QED) is 0.614. The molecule has 0 unspecified atom stereocenters. The first-order valence-corrected chi connectivity index (χ1v) is 11.8. The number of carbonyl (C=O) groups is 2. The summed E-state index contributed by atoms with van der Waals surface area (Å²) in [5.41, 5.74) is -0.0864. The Hall–Kier alpha value is -2.98. The molecule has 0 aromatic heterocycles. The van der Waals surface area contributed by atoms with Crippen molar-refractivity contribution in [1.82, 2.24) is 9.62 Å². The van der Waals surface area contributed by atoms with Crippen LogP contribution in [-0.4, -0.2) is 50.8 Å². The summed E-state index contributed by atoms with van der Waals surface area (Å²) >= 11 is 0. The number of hydrogen-bond donors (Lipinski definition) is 2. The largest absolute Gasteiger partial charge is 0.497 e. The van der Waals surface area contributed by atoms with Gasteiger partial charge < -0.3 is 15.4 Å². The van der Waals surface area contributed by atoms with Gasteiger partial charge in [0.15, 0.2) is 0 Å². The zero-order valence-corrected chi connectivity index (χ0v) is 18.5. The third kappa shape index (κ3) is 5.63. The molecule has 2 aromatic carbocycles. The molecule has 2 N–H and O–H groups in total. The van der Waals surface area contributed by atoms with Crippen LogP contribution in [0.3, 0.4) is 0 Å². The van der Waals surface area contributed by atoms with Crippen LogP contribution in [0, 0.1) is 5.82 Å². The Labute approximate surface area is 186 Å². The normalized spacial score (nSPS) is 16.9. The molecular formula is C22H26FN3O5S. The number of halogens is 1. The van der Waals surface area contributed by atoms with E-state index in [4.69, 9.17) is 4.74 Å². The minimum Gasteiger partial charge on any atom is -0.497 e. The van der Waals surface area contributed by atoms with Gasteiger partial charge in [-0.3, -0.25) is 9.59 Å². The third-order valence-corrected chi connectivity index (χ3v) is 7.30. The fourth-order valence-electron chi connectivity index (χ4n) is 3.64. The van der Waals surface area contributed by atoms with Crippen molar-refractivity contribution >= 4 is 27.5 Å². The van der Waals surface area contributed by atoms with Crippen LogP contribution >= 0.6 is 0 Å². The Morgan fingerprint density at radius 2 is 1.81 bits per heavy atom. The van der Waals surface area contributed by atoms with Gasteiger partial charge in [0, 0.05) is 19.1 Å². The number of para-hydroxylation sites is 1. The molecular weight excluding hydrogens is 437 g/mol. The molecule has 0 spiro atoms. The van der Waals surface area contributed by atoms with Crippen LogP contribution in [-0.2, 0) is 19.6 Å². The monoisotopic (exact) mass is 463 g/mol. The van der Waals surface area contributed by atoms with Crippen LogP contribution in [0.5, 0.6) is 5.75 Å². The molecule has 1 fully saturated rings. The molecule has 1 heterocycles. The summed E-state index contributed by atoms with van der Waals surface area (Å²) in [5.74, 6) is -1.97. The van der Waals surface area contributed by atoms with Crippen LogP contribution in [0.1, 0.15) is 25.7 Å². The van der Waals surface area contributed by atoms with E-state index < -0.39 is 27.7 Å². The van der Waals surface area contributed by atoms with Crippen molar-refractivity contribution in [3.63, 3.8) is 0 Å². The Balaban J connectivity index is 1.58. The van der Waals surface area contributed by atoms with Gasteiger partial charge >= 0.3 is 11.8 Å². The first-order valence-electron chi connectivity index (χ1n) is 10.3. The number of rotatable bonds is 7. The molecule has 32 heavy (non-hydrogen) atoms. The van der Waals surface area contributed by atoms with Gasteiger partial charge in [-0.05, 0) is 55.7 Å². The van der Waals surface area contributed by atoms with Crippen LogP contribution in [0.2, 0.25) is 0 Å². The lowest BCUT2D eigenvalue weighted by Gasteiger charge is -2.34. The predicted octanol–water partition coefficient (Wildman–Crippen LogP) is 2.52. The zero-order chi connectivity index (χ0) is 23.1. The van der Waals surface area contributed by atoms with E-state index >= 15 is 0 Å². The molecule has 172 valence electrons. The highest BCUT2D eigenvalue weighted by Gasteiger charge is 2.33. The van der Waals surface area contributed by atoms with Gasteiger partial charge in [0.2, 0.25) is 10.0 Å². The van der Waals surface area contributed by atoms with E-state index in [-0.39, 0.29) is 23.2 Å². The standard InChI is InChI=1S/C22H26FN3O5S/c1-31-17-9-11-18(12-10-17)32(29,30)26-15-5-4-6-16(26)13-14-24-21(27)22(28)25-20-8-3-2-7-19(20)23/h2-3,7-12,16H,4-6,13-15H2,1H3,(H,24,27)(H,25,28)/t16-/m0/s1. The third-order valence-electron chi connectivity index (χ3n) is 5.33. The molecule has 1 saturated heterocycles. The highest BCUT2D eigenvalue weighted by Crippen LogP contribution is 2.27. The number of amides is 2. The van der Waals surface area contributed by atoms with Crippen LogP contribution in [0.25, 0.3) is 0 Å². The van der Waals surface area contributed by atoms with Gasteiger partial charge in [-0.15, -0.1) is 0 Å². The van der Waals surface area contributed by atoms with E-state index in [0.29, 0.717) is 25.1 Å². The van der Waals surface area contributed by atoms with E-state index in [1.807, 2.05) is 0 Å². The molecule has 0 radical (unpaired) electrons. The second-order valence-corrected chi connectivity index (χ2v) is 9.31. The Morgan fingerprint density at radius 3 is 2.50 bits per heavy atom. The zero-order valence-electron chi connectivity index (χ0n) is 17.7. The summed E-state index contributed by atoms with van der Waals surface area (Å²) in [7, 11) is -2.20. The molecule has 1 aliphatic heterocycles. The van der Waals surface area contributed by atoms with Crippen LogP contribution in [0.4, 0.5) is 10.1 Å². The fraction of sp³-hybridized carbons (Fsp3) is 0.364. The minimum atomic E-state index is -3.70. The van der Waals surface area contributed by atoms with Crippen molar-refractivity contribution in [2.45, 2.75) is 36.6 Å². The molecule has 0 saturated carbocycles. The minimum absolute atomic E-state index is 0.0864. The fourth-order valence-corrected chi connectivity index (χ4v) is 5.36. The van der Waals surface area contributed by atoms with E-state index in [9.17, 15) is 22.4 Å². The maximum Gasteiger partial charge on any atom is 0.313 e. The van der Waals surface area contributed by atoms with Gasteiger partial charge in [-0.2, -0.15) is 4.31 Å². The average molecular weight is 464 g/mol. The van der Waals surface area contributed by atoms with Crippen LogP contribution < -0.4 is 15.4 Å². The molecule has 2 aromatic rings. The van der Waals surface area contributed by atoms with Crippen LogP contribution in [0.15, 0.2) is 53.4 Å².